The molecule has 1 fully saturated rings. The Morgan fingerprint density at radius 3 is 2.59 bits per heavy atom. The van der Waals surface area contributed by atoms with E-state index in [2.05, 4.69) is 46.0 Å². The van der Waals surface area contributed by atoms with Crippen LogP contribution in [0, 0.1) is 0 Å². The van der Waals surface area contributed by atoms with Gasteiger partial charge in [0.15, 0.2) is 8.32 Å². The van der Waals surface area contributed by atoms with Crippen molar-refractivity contribution in [3.05, 3.63) is 75.1 Å². The fraction of sp³-hybridized carbons (Fsp3) is 0.538. The van der Waals surface area contributed by atoms with Crippen LogP contribution in [0.3, 0.4) is 0 Å². The van der Waals surface area contributed by atoms with Gasteiger partial charge in [0.1, 0.15) is 0 Å². The zero-order chi connectivity index (χ0) is 24.5. The summed E-state index contributed by atoms with van der Waals surface area (Å²) in [5, 5.41) is 0.225. The van der Waals surface area contributed by atoms with E-state index in [0.29, 0.717) is 25.3 Å². The lowest BCUT2D eigenvalue weighted by atomic mass is 9.96. The Bertz CT molecular complexity index is 1180. The van der Waals surface area contributed by atoms with Crippen LogP contribution in [0.15, 0.2) is 63.7 Å². The van der Waals surface area contributed by atoms with Gasteiger partial charge in [0.2, 0.25) is 0 Å². The highest BCUT2D eigenvalue weighted by Gasteiger charge is 2.37. The molecule has 0 bridgehead atoms. The molecule has 0 aliphatic carbocycles. The first-order valence-corrected chi connectivity index (χ1v) is 15.1. The molecular formula is C26H37N3O4Si. The maximum absolute atomic E-state index is 13.3. The van der Waals surface area contributed by atoms with E-state index < -0.39 is 8.32 Å². The summed E-state index contributed by atoms with van der Waals surface area (Å²) in [5.74, 6) is 0. The lowest BCUT2D eigenvalue weighted by molar-refractivity contribution is 0.0483. The third kappa shape index (κ3) is 4.85. The van der Waals surface area contributed by atoms with Gasteiger partial charge in [-0.15, -0.1) is 0 Å². The van der Waals surface area contributed by atoms with Crippen LogP contribution in [0.1, 0.15) is 46.1 Å². The smallest absolute Gasteiger partial charge is 0.352 e. The minimum absolute atomic E-state index is 0.0860. The average Bonchev–Trinajstić information content (AvgIpc) is 3.06. The van der Waals surface area contributed by atoms with Crippen LogP contribution in [0.25, 0.3) is 5.69 Å². The summed E-state index contributed by atoms with van der Waals surface area (Å²) in [6.45, 7) is 13.0. The number of benzene rings is 1. The molecule has 2 aliphatic heterocycles. The molecule has 2 unspecified atom stereocenters. The molecule has 0 saturated carbocycles. The second-order valence-corrected chi connectivity index (χ2v) is 15.5. The third-order valence-corrected chi connectivity index (χ3v) is 11.9. The SMILES string of the molecule is CC(C)(C)[Si](C)(C)OCCC/C=C/C1CC2C(=CCn3c(=O)n(-c4ccccc4)c(=O)n32)CO1. The summed E-state index contributed by atoms with van der Waals surface area (Å²) in [6, 6.07) is 8.94. The Kier molecular flexibility index (Phi) is 7.03. The number of unbranched alkanes of at least 4 members (excludes halogenated alkanes) is 1. The number of rotatable bonds is 7. The first-order valence-electron chi connectivity index (χ1n) is 12.2. The van der Waals surface area contributed by atoms with Crippen molar-refractivity contribution in [3.63, 3.8) is 0 Å². The van der Waals surface area contributed by atoms with Gasteiger partial charge in [0.05, 0.1) is 31.0 Å². The van der Waals surface area contributed by atoms with Gasteiger partial charge in [0.25, 0.3) is 0 Å². The number of aromatic nitrogens is 3. The molecule has 0 N–H and O–H groups in total. The van der Waals surface area contributed by atoms with Crippen molar-refractivity contribution in [2.45, 2.75) is 76.9 Å². The number of hydrogen-bond donors (Lipinski definition) is 0. The first-order chi connectivity index (χ1) is 16.1. The molecule has 0 radical (unpaired) electrons. The van der Waals surface area contributed by atoms with Crippen LogP contribution in [0.2, 0.25) is 18.1 Å². The van der Waals surface area contributed by atoms with E-state index in [4.69, 9.17) is 9.16 Å². The van der Waals surface area contributed by atoms with Crippen LogP contribution >= 0.6 is 0 Å². The van der Waals surface area contributed by atoms with Crippen LogP contribution in [0.4, 0.5) is 0 Å². The molecule has 1 aromatic heterocycles. The van der Waals surface area contributed by atoms with Crippen molar-refractivity contribution in [2.75, 3.05) is 13.2 Å². The van der Waals surface area contributed by atoms with Gasteiger partial charge in [-0.05, 0) is 48.7 Å². The lowest BCUT2D eigenvalue weighted by Crippen LogP contribution is -2.40. The predicted molar refractivity (Wildman–Crippen MR) is 137 cm³/mol. The van der Waals surface area contributed by atoms with Crippen molar-refractivity contribution in [1.29, 1.82) is 0 Å². The van der Waals surface area contributed by atoms with E-state index in [1.165, 1.54) is 4.57 Å². The van der Waals surface area contributed by atoms with Crippen molar-refractivity contribution in [2.24, 2.45) is 0 Å². The molecule has 7 nitrogen and oxygen atoms in total. The molecule has 34 heavy (non-hydrogen) atoms. The summed E-state index contributed by atoms with van der Waals surface area (Å²) in [5.41, 5.74) is 1.07. The van der Waals surface area contributed by atoms with Gasteiger partial charge < -0.3 is 9.16 Å². The molecule has 0 spiro atoms. The number of nitrogens with zero attached hydrogens (tertiary/aromatic N) is 3. The normalized spacial score (nSPS) is 20.8. The number of fused-ring (bicyclic) bond motifs is 3. The zero-order valence-electron chi connectivity index (χ0n) is 21.0. The average molecular weight is 484 g/mol. The summed E-state index contributed by atoms with van der Waals surface area (Å²) < 4.78 is 16.7. The van der Waals surface area contributed by atoms with Gasteiger partial charge >= 0.3 is 11.4 Å². The topological polar surface area (TPSA) is 67.4 Å². The van der Waals surface area contributed by atoms with Gasteiger partial charge in [-0.1, -0.05) is 57.2 Å². The molecule has 0 amide bonds. The summed E-state index contributed by atoms with van der Waals surface area (Å²) >= 11 is 0. The van der Waals surface area contributed by atoms with E-state index >= 15 is 0 Å². The maximum Gasteiger partial charge on any atom is 0.352 e. The molecule has 8 heteroatoms. The summed E-state index contributed by atoms with van der Waals surface area (Å²) in [4.78, 5) is 26.3. The van der Waals surface area contributed by atoms with E-state index in [-0.39, 0.29) is 28.6 Å². The van der Waals surface area contributed by atoms with Crippen molar-refractivity contribution >= 4 is 8.32 Å². The molecule has 184 valence electrons. The molecule has 3 heterocycles. The van der Waals surface area contributed by atoms with Gasteiger partial charge in [-0.3, -0.25) is 0 Å². The van der Waals surface area contributed by atoms with Crippen molar-refractivity contribution in [3.8, 4) is 5.69 Å². The Hall–Kier alpha value is -2.42. The summed E-state index contributed by atoms with van der Waals surface area (Å²) in [7, 11) is -1.70. The van der Waals surface area contributed by atoms with Crippen LogP contribution in [-0.2, 0) is 15.7 Å². The van der Waals surface area contributed by atoms with E-state index in [9.17, 15) is 9.59 Å². The van der Waals surface area contributed by atoms with Gasteiger partial charge in [-0.25, -0.2) is 23.5 Å². The highest BCUT2D eigenvalue weighted by molar-refractivity contribution is 6.74. The second kappa shape index (κ2) is 9.68. The zero-order valence-corrected chi connectivity index (χ0v) is 22.0. The Balaban J connectivity index is 1.41. The maximum atomic E-state index is 13.3. The monoisotopic (exact) mass is 483 g/mol. The number of hydrogen-bond acceptors (Lipinski definition) is 4. The molecule has 1 aromatic carbocycles. The van der Waals surface area contributed by atoms with Gasteiger partial charge in [-0.2, -0.15) is 0 Å². The van der Waals surface area contributed by atoms with E-state index in [0.717, 1.165) is 25.0 Å². The molecule has 1 saturated heterocycles. The first kappa shape index (κ1) is 24.7. The van der Waals surface area contributed by atoms with Crippen molar-refractivity contribution in [1.82, 2.24) is 13.9 Å². The molecule has 2 atom stereocenters. The predicted octanol–water partition coefficient (Wildman–Crippen LogP) is 4.43. The third-order valence-electron chi connectivity index (χ3n) is 7.38. The number of allylic oxidation sites excluding steroid dienone is 2. The minimum Gasteiger partial charge on any atom is -0.417 e. The molecular weight excluding hydrogens is 446 g/mol. The Morgan fingerprint density at radius 2 is 1.88 bits per heavy atom. The van der Waals surface area contributed by atoms with E-state index in [1.54, 1.807) is 21.5 Å². The standard InChI is InChI=1S/C26H37N3O4Si/c1-26(2,3)34(4,5)33-17-11-7-10-14-22-18-23-20(19-32-22)15-16-27-24(30)28(25(31)29(23)27)21-12-8-6-9-13-21/h6,8-10,12-15,22-23H,7,11,16-19H2,1-5H3/b14-10+. The fourth-order valence-corrected chi connectivity index (χ4v) is 5.37. The highest BCUT2D eigenvalue weighted by atomic mass is 28.4. The molecule has 2 aliphatic rings. The number of ether oxygens (including phenoxy) is 1. The van der Waals surface area contributed by atoms with Gasteiger partial charge in [0, 0.05) is 13.0 Å². The number of para-hydroxylation sites is 1. The molecule has 2 aromatic rings. The summed E-state index contributed by atoms with van der Waals surface area (Å²) in [6.07, 6.45) is 8.74. The largest absolute Gasteiger partial charge is 0.417 e. The molecule has 4 rings (SSSR count). The second-order valence-electron chi connectivity index (χ2n) is 10.7. The van der Waals surface area contributed by atoms with Crippen LogP contribution in [0.5, 0.6) is 0 Å². The minimum atomic E-state index is -1.70. The highest BCUT2D eigenvalue weighted by Crippen LogP contribution is 2.36. The van der Waals surface area contributed by atoms with Crippen LogP contribution in [-0.4, -0.2) is 41.6 Å². The fourth-order valence-electron chi connectivity index (χ4n) is 4.28. The quantitative estimate of drug-likeness (QED) is 0.332. The Labute approximate surface area is 202 Å². The van der Waals surface area contributed by atoms with E-state index in [1.807, 2.05) is 24.3 Å². The lowest BCUT2D eigenvalue weighted by Gasteiger charge is -2.36. The van der Waals surface area contributed by atoms with Crippen LogP contribution < -0.4 is 11.4 Å². The Morgan fingerprint density at radius 1 is 1.15 bits per heavy atom. The van der Waals surface area contributed by atoms with Crippen molar-refractivity contribution < 1.29 is 9.16 Å².